The average molecular weight is 304 g/mol. The number of halogens is 3. The SMILES string of the molecule is COC(=O)NCCCc1cc(C(C)=O)cc(C(F)(F)F)n1. The first-order valence-corrected chi connectivity index (χ1v) is 6.15. The maximum atomic E-state index is 12.7. The predicted octanol–water partition coefficient (Wildman–Crippen LogP) is 2.59. The zero-order valence-corrected chi connectivity index (χ0v) is 11.6. The topological polar surface area (TPSA) is 68.3 Å². The van der Waals surface area contributed by atoms with Crippen LogP contribution in [0.2, 0.25) is 0 Å². The van der Waals surface area contributed by atoms with Gasteiger partial charge in [0.05, 0.1) is 7.11 Å². The Kier molecular flexibility index (Phi) is 5.69. The average Bonchev–Trinajstić information content (AvgIpc) is 2.42. The van der Waals surface area contributed by atoms with Gasteiger partial charge in [-0.3, -0.25) is 4.79 Å². The summed E-state index contributed by atoms with van der Waals surface area (Å²) in [4.78, 5) is 25.6. The molecule has 1 N–H and O–H groups in total. The summed E-state index contributed by atoms with van der Waals surface area (Å²) in [6.07, 6.45) is -4.64. The van der Waals surface area contributed by atoms with Crippen LogP contribution >= 0.6 is 0 Å². The van der Waals surface area contributed by atoms with Crippen molar-refractivity contribution in [3.05, 3.63) is 29.1 Å². The van der Waals surface area contributed by atoms with Gasteiger partial charge in [-0.1, -0.05) is 0 Å². The second kappa shape index (κ2) is 7.05. The highest BCUT2D eigenvalue weighted by molar-refractivity contribution is 5.94. The minimum absolute atomic E-state index is 0.0340. The van der Waals surface area contributed by atoms with Crippen molar-refractivity contribution in [1.82, 2.24) is 10.3 Å². The summed E-state index contributed by atoms with van der Waals surface area (Å²) in [5, 5.41) is 2.41. The maximum absolute atomic E-state index is 12.7. The molecule has 0 saturated carbocycles. The second-order valence-corrected chi connectivity index (χ2v) is 4.31. The summed E-state index contributed by atoms with van der Waals surface area (Å²) in [7, 11) is 1.21. The van der Waals surface area contributed by atoms with Crippen molar-refractivity contribution >= 4 is 11.9 Å². The van der Waals surface area contributed by atoms with Crippen LogP contribution in [0.4, 0.5) is 18.0 Å². The molecule has 0 radical (unpaired) electrons. The van der Waals surface area contributed by atoms with E-state index in [0.29, 0.717) is 6.42 Å². The number of alkyl carbamates (subject to hydrolysis) is 1. The van der Waals surface area contributed by atoms with Crippen molar-refractivity contribution in [3.8, 4) is 0 Å². The summed E-state index contributed by atoms with van der Waals surface area (Å²) < 4.78 is 42.5. The molecule has 8 heteroatoms. The minimum Gasteiger partial charge on any atom is -0.453 e. The summed E-state index contributed by atoms with van der Waals surface area (Å²) in [5.41, 5.74) is -0.971. The lowest BCUT2D eigenvalue weighted by atomic mass is 10.1. The molecule has 1 rings (SSSR count). The third kappa shape index (κ3) is 5.41. The normalized spacial score (nSPS) is 11.1. The summed E-state index contributed by atoms with van der Waals surface area (Å²) in [6, 6.07) is 2.06. The largest absolute Gasteiger partial charge is 0.453 e. The van der Waals surface area contributed by atoms with Crippen molar-refractivity contribution in [1.29, 1.82) is 0 Å². The van der Waals surface area contributed by atoms with Gasteiger partial charge in [-0.2, -0.15) is 13.2 Å². The Morgan fingerprint density at radius 3 is 2.52 bits per heavy atom. The lowest BCUT2D eigenvalue weighted by Crippen LogP contribution is -2.24. The molecule has 0 aliphatic carbocycles. The number of Topliss-reactive ketones (excluding diaryl/α,β-unsaturated/α-hetero) is 1. The summed E-state index contributed by atoms with van der Waals surface area (Å²) in [6.45, 7) is 1.43. The Balaban J connectivity index is 2.79. The molecule has 116 valence electrons. The molecule has 1 heterocycles. The molecule has 0 bridgehead atoms. The van der Waals surface area contributed by atoms with Crippen LogP contribution in [0, 0.1) is 0 Å². The zero-order valence-electron chi connectivity index (χ0n) is 11.6. The van der Waals surface area contributed by atoms with E-state index in [0.717, 1.165) is 6.07 Å². The number of carbonyl (C=O) groups is 2. The van der Waals surface area contributed by atoms with E-state index in [1.807, 2.05) is 0 Å². The van der Waals surface area contributed by atoms with E-state index in [4.69, 9.17) is 0 Å². The molecule has 5 nitrogen and oxygen atoms in total. The third-order valence-electron chi connectivity index (χ3n) is 2.64. The Labute approximate surface area is 119 Å². The number of carbonyl (C=O) groups excluding carboxylic acids is 2. The Morgan fingerprint density at radius 1 is 1.33 bits per heavy atom. The number of rotatable bonds is 5. The maximum Gasteiger partial charge on any atom is 0.433 e. The fraction of sp³-hybridized carbons (Fsp3) is 0.462. The van der Waals surface area contributed by atoms with Crippen LogP contribution in [0.25, 0.3) is 0 Å². The van der Waals surface area contributed by atoms with Gasteiger partial charge in [0.2, 0.25) is 0 Å². The first-order chi connectivity index (χ1) is 9.74. The highest BCUT2D eigenvalue weighted by Crippen LogP contribution is 2.28. The Hall–Kier alpha value is -2.12. The number of methoxy groups -OCH3 is 1. The molecule has 0 aliphatic rings. The number of hydrogen-bond acceptors (Lipinski definition) is 4. The number of ether oxygens (including phenoxy) is 1. The number of alkyl halides is 3. The van der Waals surface area contributed by atoms with Crippen LogP contribution in [0.15, 0.2) is 12.1 Å². The van der Waals surface area contributed by atoms with Crippen molar-refractivity contribution in [2.75, 3.05) is 13.7 Å². The molecule has 0 aromatic carbocycles. The highest BCUT2D eigenvalue weighted by Gasteiger charge is 2.33. The van der Waals surface area contributed by atoms with E-state index in [-0.39, 0.29) is 24.2 Å². The van der Waals surface area contributed by atoms with Crippen molar-refractivity contribution in [3.63, 3.8) is 0 Å². The molecular formula is C13H15F3N2O3. The molecule has 0 aliphatic heterocycles. The molecule has 21 heavy (non-hydrogen) atoms. The van der Waals surface area contributed by atoms with E-state index in [9.17, 15) is 22.8 Å². The van der Waals surface area contributed by atoms with Gasteiger partial charge in [0, 0.05) is 17.8 Å². The predicted molar refractivity (Wildman–Crippen MR) is 68.0 cm³/mol. The smallest absolute Gasteiger partial charge is 0.433 e. The molecule has 0 saturated heterocycles. The number of hydrogen-bond donors (Lipinski definition) is 1. The van der Waals surface area contributed by atoms with Crippen LogP contribution in [0.1, 0.15) is 35.1 Å². The van der Waals surface area contributed by atoms with Gasteiger partial charge in [-0.15, -0.1) is 0 Å². The number of pyridine rings is 1. The van der Waals surface area contributed by atoms with Gasteiger partial charge >= 0.3 is 12.3 Å². The third-order valence-corrected chi connectivity index (χ3v) is 2.64. The number of nitrogens with zero attached hydrogens (tertiary/aromatic N) is 1. The first-order valence-electron chi connectivity index (χ1n) is 6.15. The quantitative estimate of drug-likeness (QED) is 0.670. The van der Waals surface area contributed by atoms with E-state index < -0.39 is 23.7 Å². The summed E-state index contributed by atoms with van der Waals surface area (Å²) in [5.74, 6) is -0.461. The van der Waals surface area contributed by atoms with Gasteiger partial charge in [-0.05, 0) is 31.9 Å². The van der Waals surface area contributed by atoms with Crippen LogP contribution in [-0.2, 0) is 17.3 Å². The Bertz CT molecular complexity index is 530. The van der Waals surface area contributed by atoms with Gasteiger partial charge in [0.25, 0.3) is 0 Å². The van der Waals surface area contributed by atoms with Crippen molar-refractivity contribution in [2.45, 2.75) is 25.9 Å². The first kappa shape index (κ1) is 16.9. The Morgan fingerprint density at radius 2 is 2.00 bits per heavy atom. The fourth-order valence-electron chi connectivity index (χ4n) is 1.60. The number of aromatic nitrogens is 1. The molecule has 0 fully saturated rings. The number of aryl methyl sites for hydroxylation is 1. The second-order valence-electron chi connectivity index (χ2n) is 4.31. The lowest BCUT2D eigenvalue weighted by molar-refractivity contribution is -0.141. The van der Waals surface area contributed by atoms with E-state index >= 15 is 0 Å². The number of nitrogens with one attached hydrogen (secondary N) is 1. The monoisotopic (exact) mass is 304 g/mol. The fourth-order valence-corrected chi connectivity index (χ4v) is 1.60. The molecule has 1 aromatic rings. The molecular weight excluding hydrogens is 289 g/mol. The van der Waals surface area contributed by atoms with Gasteiger partial charge in [0.15, 0.2) is 5.78 Å². The van der Waals surface area contributed by atoms with E-state index in [1.54, 1.807) is 0 Å². The number of ketones is 1. The summed E-state index contributed by atoms with van der Waals surface area (Å²) >= 11 is 0. The zero-order chi connectivity index (χ0) is 16.0. The van der Waals surface area contributed by atoms with Crippen LogP contribution in [-0.4, -0.2) is 30.5 Å². The van der Waals surface area contributed by atoms with Crippen molar-refractivity contribution < 1.29 is 27.5 Å². The van der Waals surface area contributed by atoms with Crippen molar-refractivity contribution in [2.24, 2.45) is 0 Å². The van der Waals surface area contributed by atoms with Gasteiger partial charge in [0.1, 0.15) is 5.69 Å². The molecule has 0 unspecified atom stereocenters. The van der Waals surface area contributed by atoms with Crippen LogP contribution < -0.4 is 5.32 Å². The molecule has 0 spiro atoms. The minimum atomic E-state index is -4.61. The van der Waals surface area contributed by atoms with Gasteiger partial charge in [-0.25, -0.2) is 9.78 Å². The van der Waals surface area contributed by atoms with E-state index in [1.165, 1.54) is 20.1 Å². The number of amides is 1. The molecule has 1 aromatic heterocycles. The lowest BCUT2D eigenvalue weighted by Gasteiger charge is -2.10. The highest BCUT2D eigenvalue weighted by atomic mass is 19.4. The van der Waals surface area contributed by atoms with Crippen LogP contribution in [0.3, 0.4) is 0 Å². The van der Waals surface area contributed by atoms with Crippen LogP contribution in [0.5, 0.6) is 0 Å². The standard InChI is InChI=1S/C13H15F3N2O3/c1-8(19)9-6-10(4-3-5-17-12(20)21-2)18-11(7-9)13(14,15)16/h6-7H,3-5H2,1-2H3,(H,17,20). The van der Waals surface area contributed by atoms with Gasteiger partial charge < -0.3 is 10.1 Å². The molecule has 0 atom stereocenters. The molecule has 1 amide bonds. The van der Waals surface area contributed by atoms with E-state index in [2.05, 4.69) is 15.0 Å².